The summed E-state index contributed by atoms with van der Waals surface area (Å²) in [6.07, 6.45) is 0. The average molecular weight is 162 g/mol. The lowest BCUT2D eigenvalue weighted by Gasteiger charge is -2.03. The molecule has 2 N–H and O–H groups in total. The highest BCUT2D eigenvalue weighted by Crippen LogP contribution is 2.25. The number of azide groups is 1. The number of hydrogen-bond acceptors (Lipinski definition) is 2. The molecule has 1 aromatic carbocycles. The maximum atomic E-state index is 8.21. The molecule has 4 nitrogen and oxygen atoms in total. The van der Waals surface area contributed by atoms with Crippen molar-refractivity contribution in [2.75, 3.05) is 5.73 Å². The second-order valence-electron chi connectivity index (χ2n) is 2.68. The van der Waals surface area contributed by atoms with Crippen LogP contribution < -0.4 is 5.73 Å². The van der Waals surface area contributed by atoms with E-state index < -0.39 is 0 Å². The van der Waals surface area contributed by atoms with Crippen molar-refractivity contribution in [3.8, 4) is 0 Å². The monoisotopic (exact) mass is 162 g/mol. The van der Waals surface area contributed by atoms with Gasteiger partial charge in [-0.2, -0.15) is 0 Å². The van der Waals surface area contributed by atoms with Gasteiger partial charge in [-0.15, -0.1) is 0 Å². The molecule has 0 aliphatic carbocycles. The lowest BCUT2D eigenvalue weighted by molar-refractivity contribution is 1.32. The second-order valence-corrected chi connectivity index (χ2v) is 2.68. The van der Waals surface area contributed by atoms with Crippen LogP contribution in [0.2, 0.25) is 0 Å². The van der Waals surface area contributed by atoms with E-state index >= 15 is 0 Å². The zero-order chi connectivity index (χ0) is 9.14. The molecule has 0 saturated heterocycles. The van der Waals surface area contributed by atoms with Crippen LogP contribution in [0.4, 0.5) is 11.4 Å². The first kappa shape index (κ1) is 8.43. The fourth-order valence-corrected chi connectivity index (χ4v) is 0.958. The number of nitrogen functional groups attached to an aromatic ring is 1. The van der Waals surface area contributed by atoms with E-state index in [1.165, 1.54) is 0 Å². The third-order valence-corrected chi connectivity index (χ3v) is 1.80. The number of benzene rings is 1. The van der Waals surface area contributed by atoms with E-state index in [9.17, 15) is 0 Å². The van der Waals surface area contributed by atoms with E-state index in [0.717, 1.165) is 11.1 Å². The van der Waals surface area contributed by atoms with Crippen LogP contribution in [0, 0.1) is 13.8 Å². The summed E-state index contributed by atoms with van der Waals surface area (Å²) in [5.74, 6) is 0. The zero-order valence-corrected chi connectivity index (χ0v) is 7.07. The van der Waals surface area contributed by atoms with Gasteiger partial charge in [0, 0.05) is 10.6 Å². The Morgan fingerprint density at radius 3 is 2.50 bits per heavy atom. The minimum absolute atomic E-state index is 0.501. The third kappa shape index (κ3) is 1.49. The van der Waals surface area contributed by atoms with E-state index in [1.54, 1.807) is 12.1 Å². The molecule has 0 aliphatic heterocycles. The summed E-state index contributed by atoms with van der Waals surface area (Å²) in [5, 5.41) is 3.46. The first-order valence-electron chi connectivity index (χ1n) is 3.57. The molecule has 4 heteroatoms. The highest BCUT2D eigenvalue weighted by molar-refractivity contribution is 5.64. The molecule has 0 aromatic heterocycles. The average Bonchev–Trinajstić information content (AvgIpc) is 2.01. The SMILES string of the molecule is Cc1cc(N)c(N=[N+]=[N-])cc1C. The Morgan fingerprint density at radius 1 is 1.33 bits per heavy atom. The van der Waals surface area contributed by atoms with Crippen LogP contribution in [0.15, 0.2) is 17.2 Å². The van der Waals surface area contributed by atoms with Gasteiger partial charge in [0.25, 0.3) is 0 Å². The van der Waals surface area contributed by atoms with Gasteiger partial charge in [0.1, 0.15) is 0 Å². The number of nitrogens with zero attached hydrogens (tertiary/aromatic N) is 3. The number of aryl methyl sites for hydroxylation is 2. The van der Waals surface area contributed by atoms with Gasteiger partial charge in [0.2, 0.25) is 0 Å². The van der Waals surface area contributed by atoms with Crippen molar-refractivity contribution in [3.05, 3.63) is 33.7 Å². The van der Waals surface area contributed by atoms with Gasteiger partial charge in [-0.05, 0) is 42.6 Å². The molecule has 0 fully saturated rings. The van der Waals surface area contributed by atoms with Crippen LogP contribution >= 0.6 is 0 Å². The lowest BCUT2D eigenvalue weighted by atomic mass is 10.1. The number of hydrogen-bond donors (Lipinski definition) is 1. The number of nitrogens with two attached hydrogens (primary N) is 1. The third-order valence-electron chi connectivity index (χ3n) is 1.80. The standard InChI is InChI=1S/C8H10N4/c1-5-3-7(9)8(11-12-10)4-6(5)2/h3-4H,9H2,1-2H3. The Balaban J connectivity index is 3.32. The molecule has 0 heterocycles. The Morgan fingerprint density at radius 2 is 1.92 bits per heavy atom. The summed E-state index contributed by atoms with van der Waals surface area (Å²) in [6, 6.07) is 3.59. The van der Waals surface area contributed by atoms with Gasteiger partial charge in [-0.25, -0.2) is 0 Å². The molecule has 1 rings (SSSR count). The summed E-state index contributed by atoms with van der Waals surface area (Å²) < 4.78 is 0. The predicted octanol–water partition coefficient (Wildman–Crippen LogP) is 2.83. The first-order chi connectivity index (χ1) is 5.65. The Labute approximate surface area is 70.6 Å². The van der Waals surface area contributed by atoms with Crippen molar-refractivity contribution >= 4 is 11.4 Å². The molecular weight excluding hydrogens is 152 g/mol. The number of anilines is 1. The molecule has 0 unspecified atom stereocenters. The van der Waals surface area contributed by atoms with Gasteiger partial charge in [-0.3, -0.25) is 0 Å². The molecule has 1 aromatic rings. The summed E-state index contributed by atoms with van der Waals surface area (Å²) in [6.45, 7) is 3.91. The van der Waals surface area contributed by atoms with Gasteiger partial charge in [-0.1, -0.05) is 5.11 Å². The van der Waals surface area contributed by atoms with Crippen LogP contribution in [0.1, 0.15) is 11.1 Å². The summed E-state index contributed by atoms with van der Waals surface area (Å²) in [4.78, 5) is 2.68. The molecule has 0 radical (unpaired) electrons. The lowest BCUT2D eigenvalue weighted by Crippen LogP contribution is -1.88. The van der Waals surface area contributed by atoms with Crippen LogP contribution in [0.25, 0.3) is 10.4 Å². The maximum Gasteiger partial charge on any atom is 0.0607 e. The summed E-state index contributed by atoms with van der Waals surface area (Å²) in [5.41, 5.74) is 17.0. The van der Waals surface area contributed by atoms with Crippen LogP contribution in [-0.4, -0.2) is 0 Å². The molecule has 62 valence electrons. The zero-order valence-electron chi connectivity index (χ0n) is 7.07. The van der Waals surface area contributed by atoms with Crippen molar-refractivity contribution < 1.29 is 0 Å². The second kappa shape index (κ2) is 3.15. The maximum absolute atomic E-state index is 8.21. The summed E-state index contributed by atoms with van der Waals surface area (Å²) >= 11 is 0. The van der Waals surface area contributed by atoms with Gasteiger partial charge < -0.3 is 5.73 Å². The van der Waals surface area contributed by atoms with Crippen molar-refractivity contribution in [1.29, 1.82) is 0 Å². The van der Waals surface area contributed by atoms with Crippen LogP contribution in [-0.2, 0) is 0 Å². The quantitative estimate of drug-likeness (QED) is 0.293. The Bertz CT molecular complexity index is 350. The minimum atomic E-state index is 0.501. The Kier molecular flexibility index (Phi) is 2.21. The minimum Gasteiger partial charge on any atom is -0.398 e. The first-order valence-corrected chi connectivity index (χ1v) is 3.57. The smallest absolute Gasteiger partial charge is 0.0607 e. The largest absolute Gasteiger partial charge is 0.398 e. The van der Waals surface area contributed by atoms with E-state index in [4.69, 9.17) is 11.3 Å². The normalized spacial score (nSPS) is 9.17. The van der Waals surface area contributed by atoms with Crippen LogP contribution in [0.5, 0.6) is 0 Å². The molecular formula is C8H10N4. The predicted molar refractivity (Wildman–Crippen MR) is 49.1 cm³/mol. The van der Waals surface area contributed by atoms with Crippen molar-refractivity contribution in [1.82, 2.24) is 0 Å². The van der Waals surface area contributed by atoms with E-state index in [1.807, 2.05) is 13.8 Å². The molecule has 0 aliphatic rings. The van der Waals surface area contributed by atoms with Gasteiger partial charge in [0.05, 0.1) is 5.69 Å². The molecule has 0 amide bonds. The van der Waals surface area contributed by atoms with E-state index in [0.29, 0.717) is 11.4 Å². The van der Waals surface area contributed by atoms with E-state index in [2.05, 4.69) is 10.0 Å². The van der Waals surface area contributed by atoms with Crippen molar-refractivity contribution in [2.24, 2.45) is 5.11 Å². The van der Waals surface area contributed by atoms with Gasteiger partial charge >= 0.3 is 0 Å². The highest BCUT2D eigenvalue weighted by atomic mass is 15.1. The van der Waals surface area contributed by atoms with Crippen molar-refractivity contribution in [2.45, 2.75) is 13.8 Å². The summed E-state index contributed by atoms with van der Waals surface area (Å²) in [7, 11) is 0. The fraction of sp³-hybridized carbons (Fsp3) is 0.250. The molecule has 0 bridgehead atoms. The molecule has 0 saturated carbocycles. The Hall–Kier alpha value is -1.67. The highest BCUT2D eigenvalue weighted by Gasteiger charge is 1.99. The van der Waals surface area contributed by atoms with Crippen LogP contribution in [0.3, 0.4) is 0 Å². The van der Waals surface area contributed by atoms with Gasteiger partial charge in [0.15, 0.2) is 0 Å². The molecule has 12 heavy (non-hydrogen) atoms. The fourth-order valence-electron chi connectivity index (χ4n) is 0.958. The van der Waals surface area contributed by atoms with Crippen molar-refractivity contribution in [3.63, 3.8) is 0 Å². The topological polar surface area (TPSA) is 74.8 Å². The number of rotatable bonds is 1. The molecule has 0 atom stereocenters. The molecule has 0 spiro atoms. The van der Waals surface area contributed by atoms with E-state index in [-0.39, 0.29) is 0 Å².